The minimum Gasteiger partial charge on any atom is -0.481 e. The third-order valence-electron chi connectivity index (χ3n) is 13.5. The highest BCUT2D eigenvalue weighted by atomic mass is 16.4. The fourth-order valence-corrected chi connectivity index (χ4v) is 8.91. The monoisotopic (exact) mass is 1300 g/mol. The number of aliphatic hydroxyl groups excluding tert-OH is 1. The van der Waals surface area contributed by atoms with Crippen molar-refractivity contribution in [3.8, 4) is 0 Å². The number of carboxylic acid groups (broad SMARTS) is 2. The van der Waals surface area contributed by atoms with Gasteiger partial charge in [0.25, 0.3) is 0 Å². The van der Waals surface area contributed by atoms with Crippen LogP contribution in [-0.4, -0.2) is 220 Å². The van der Waals surface area contributed by atoms with Crippen LogP contribution in [0.4, 0.5) is 0 Å². The molecule has 1 fully saturated rings. The molecule has 37 nitrogen and oxygen atoms in total. The van der Waals surface area contributed by atoms with Gasteiger partial charge in [0.1, 0.15) is 60.9 Å². The molecule has 0 aliphatic carbocycles. The van der Waals surface area contributed by atoms with Crippen molar-refractivity contribution >= 4 is 101 Å². The Kier molecular flexibility index (Phi) is 33.2. The molecule has 11 atom stereocenters. The van der Waals surface area contributed by atoms with E-state index in [9.17, 15) is 86.9 Å². The summed E-state index contributed by atoms with van der Waals surface area (Å²) in [6.07, 6.45) is -4.61. The first-order valence-electron chi connectivity index (χ1n) is 29.2. The summed E-state index contributed by atoms with van der Waals surface area (Å²) in [5, 5.41) is 54.8. The van der Waals surface area contributed by atoms with Crippen LogP contribution in [0.15, 0.2) is 35.3 Å². The number of aliphatic carboxylic acids is 2. The number of amides is 14. The Balaban J connectivity index is 2.32. The molecule has 0 radical (unpaired) electrons. The SMILES string of the molecule is CC(C)C[C@H](NC(=O)[C@H](C)NC(=O)[C@H](Cc1ccccc1)NC(=O)[C@@H](NC(=O)CNC(=O)[C@H](C)N)[C@@H](C)O)C(=O)N[C@@H](CCCN=C(N)N)C(=O)NCC(=O)N[C@@H](CC(=O)O)C(=O)N[C@@H](CC(N)=O)C(=O)N1CCC[C@H]1C(=O)N[C@@H](CCC(N)=O)C(=O)NCC(=O)O. The number of carbonyl (C=O) groups is 16. The maximum Gasteiger partial charge on any atom is 0.322 e. The van der Waals surface area contributed by atoms with Crippen molar-refractivity contribution < 1.29 is 92.0 Å². The number of nitrogens with zero attached hydrogens (tertiary/aromatic N) is 2. The van der Waals surface area contributed by atoms with Gasteiger partial charge in [0.2, 0.25) is 82.7 Å². The van der Waals surface area contributed by atoms with Crippen molar-refractivity contribution in [3.63, 3.8) is 0 Å². The van der Waals surface area contributed by atoms with Crippen LogP contribution < -0.4 is 87.2 Å². The number of benzene rings is 1. The Morgan fingerprint density at radius 3 is 1.66 bits per heavy atom. The van der Waals surface area contributed by atoms with E-state index in [2.05, 4.69) is 63.5 Å². The van der Waals surface area contributed by atoms with Gasteiger partial charge >= 0.3 is 11.9 Å². The molecule has 2 rings (SSSR count). The molecule has 0 saturated carbocycles. The Labute approximate surface area is 528 Å². The van der Waals surface area contributed by atoms with Gasteiger partial charge in [-0.1, -0.05) is 44.2 Å². The van der Waals surface area contributed by atoms with E-state index in [1.807, 2.05) is 0 Å². The summed E-state index contributed by atoms with van der Waals surface area (Å²) in [5.74, 6) is -17.6. The Morgan fingerprint density at radius 2 is 1.11 bits per heavy atom. The average molecular weight is 1300 g/mol. The molecule has 37 heteroatoms. The molecule has 0 aromatic heterocycles. The first kappa shape index (κ1) is 78.0. The zero-order valence-corrected chi connectivity index (χ0v) is 51.6. The number of guanidine groups is 1. The van der Waals surface area contributed by atoms with E-state index in [0.29, 0.717) is 5.56 Å². The van der Waals surface area contributed by atoms with Crippen molar-refractivity contribution in [2.24, 2.45) is 39.6 Å². The molecule has 1 aromatic carbocycles. The lowest BCUT2D eigenvalue weighted by Gasteiger charge is -2.30. The van der Waals surface area contributed by atoms with Crippen molar-refractivity contribution in [1.29, 1.82) is 0 Å². The van der Waals surface area contributed by atoms with Gasteiger partial charge in [-0.15, -0.1) is 0 Å². The molecule has 1 aliphatic heterocycles. The first-order valence-corrected chi connectivity index (χ1v) is 29.2. The number of aliphatic hydroxyl groups is 1. The number of primary amides is 2. The van der Waals surface area contributed by atoms with Crippen LogP contribution in [0.5, 0.6) is 0 Å². The highest BCUT2D eigenvalue weighted by Crippen LogP contribution is 2.20. The Hall–Kier alpha value is -10.1. The number of carbonyl (C=O) groups excluding carboxylic acids is 14. The van der Waals surface area contributed by atoms with Gasteiger partial charge in [-0.3, -0.25) is 81.7 Å². The summed E-state index contributed by atoms with van der Waals surface area (Å²) in [4.78, 5) is 213. The summed E-state index contributed by atoms with van der Waals surface area (Å²) >= 11 is 0. The van der Waals surface area contributed by atoms with Crippen molar-refractivity contribution in [1.82, 2.24) is 63.4 Å². The first-order chi connectivity index (χ1) is 43.1. The van der Waals surface area contributed by atoms with E-state index in [1.165, 1.54) is 20.8 Å². The van der Waals surface area contributed by atoms with Crippen LogP contribution in [0.25, 0.3) is 0 Å². The van der Waals surface area contributed by atoms with E-state index in [4.69, 9.17) is 33.8 Å². The number of hydrogen-bond donors (Lipinski definition) is 19. The fraction of sp³-hybridized carbons (Fsp3) is 0.582. The molecule has 0 spiro atoms. The second kappa shape index (κ2) is 39.1. The molecule has 92 heavy (non-hydrogen) atoms. The number of hydrogen-bond acceptors (Lipinski definition) is 19. The van der Waals surface area contributed by atoms with E-state index in [0.717, 1.165) is 4.90 Å². The summed E-state index contributed by atoms with van der Waals surface area (Å²) in [6, 6.07) is -6.83. The van der Waals surface area contributed by atoms with E-state index in [1.54, 1.807) is 44.2 Å². The quantitative estimate of drug-likeness (QED) is 0.0165. The van der Waals surface area contributed by atoms with Crippen molar-refractivity contribution in [2.45, 2.75) is 165 Å². The van der Waals surface area contributed by atoms with Crippen LogP contribution >= 0.6 is 0 Å². The van der Waals surface area contributed by atoms with Gasteiger partial charge in [-0.25, -0.2) is 0 Å². The Morgan fingerprint density at radius 1 is 0.565 bits per heavy atom. The predicted octanol–water partition coefficient (Wildman–Crippen LogP) is -9.01. The number of rotatable bonds is 40. The van der Waals surface area contributed by atoms with Gasteiger partial charge < -0.3 is 107 Å². The maximum absolute atomic E-state index is 14.1. The number of nitrogens with two attached hydrogens (primary N) is 5. The zero-order valence-electron chi connectivity index (χ0n) is 51.6. The molecule has 1 aliphatic rings. The van der Waals surface area contributed by atoms with E-state index >= 15 is 0 Å². The van der Waals surface area contributed by atoms with Gasteiger partial charge in [0.15, 0.2) is 5.96 Å². The van der Waals surface area contributed by atoms with E-state index in [-0.39, 0.29) is 69.9 Å². The molecule has 1 heterocycles. The minimum absolute atomic E-state index is 0.0293. The lowest BCUT2D eigenvalue weighted by Crippen LogP contribution is -2.60. The van der Waals surface area contributed by atoms with Gasteiger partial charge in [0.05, 0.1) is 38.1 Å². The highest BCUT2D eigenvalue weighted by molar-refractivity contribution is 6.00. The molecular formula is C55H86N18O19. The fourth-order valence-electron chi connectivity index (χ4n) is 8.91. The molecule has 1 aromatic rings. The molecule has 14 amide bonds. The second-order valence-electron chi connectivity index (χ2n) is 22.0. The number of aliphatic imine (C=N–C) groups is 1. The third kappa shape index (κ3) is 29.0. The molecule has 1 saturated heterocycles. The average Bonchev–Trinajstić information content (AvgIpc) is 1.71. The number of carboxylic acids is 2. The van der Waals surface area contributed by atoms with Gasteiger partial charge in [-0.2, -0.15) is 0 Å². The van der Waals surface area contributed by atoms with Gasteiger partial charge in [0, 0.05) is 25.9 Å². The van der Waals surface area contributed by atoms with Gasteiger partial charge in [-0.05, 0) is 70.8 Å². The summed E-state index contributed by atoms with van der Waals surface area (Å²) < 4.78 is 0. The predicted molar refractivity (Wildman–Crippen MR) is 322 cm³/mol. The smallest absolute Gasteiger partial charge is 0.322 e. The summed E-state index contributed by atoms with van der Waals surface area (Å²) in [6.45, 7) is 4.60. The number of likely N-dealkylation sites (tertiary alicyclic amines) is 1. The van der Waals surface area contributed by atoms with Crippen LogP contribution in [0.3, 0.4) is 0 Å². The van der Waals surface area contributed by atoms with Crippen LogP contribution in [-0.2, 0) is 83.1 Å². The topological polar surface area (TPSA) is 612 Å². The molecular weight excluding hydrogens is 1220 g/mol. The largest absolute Gasteiger partial charge is 0.481 e. The van der Waals surface area contributed by atoms with E-state index < -0.39 is 200 Å². The third-order valence-corrected chi connectivity index (χ3v) is 13.5. The standard InChI is InChI=1S/C55H86N18O19/c1-26(2)19-33(69-46(84)28(4)65-49(87)34(20-30-11-7-6-8-12-30)70-53(91)44(29(5)74)72-41(78)24-62-45(83)27(3)56)50(88)67-31(13-9-17-61-55(59)60)47(85)63-23-40(77)66-35(22-42(79)80)51(89)71-36(21-39(58)76)54(92)73-18-10-14-37(73)52(90)68-32(15-16-38(57)75)48(86)64-25-43(81)82/h6-8,11-12,26-29,31-37,44,74H,9-10,13-25,56H2,1-5H3,(H2,57,75)(H2,58,76)(H,62,83)(H,63,85)(H,64,86)(H,65,87)(H,66,77)(H,67,88)(H,68,90)(H,69,84)(H,70,91)(H,71,89)(H,72,78)(H,79,80)(H,81,82)(H4,59,60,61)/t27-,28-,29+,31-,32-,33-,34-,35-,36-,37-,44-/m0/s1. The molecule has 510 valence electrons. The maximum atomic E-state index is 14.1. The van der Waals surface area contributed by atoms with Crippen molar-refractivity contribution in [2.75, 3.05) is 32.7 Å². The van der Waals surface area contributed by atoms with Crippen LogP contribution in [0.1, 0.15) is 98.0 Å². The lowest BCUT2D eigenvalue weighted by molar-refractivity contribution is -0.144. The minimum atomic E-state index is -2.01. The normalized spacial score (nSPS) is 15.8. The second-order valence-corrected chi connectivity index (χ2v) is 22.0. The lowest BCUT2D eigenvalue weighted by atomic mass is 10.0. The Bertz CT molecular complexity index is 2850. The van der Waals surface area contributed by atoms with Crippen molar-refractivity contribution in [3.05, 3.63) is 35.9 Å². The van der Waals surface area contributed by atoms with Crippen LogP contribution in [0, 0.1) is 5.92 Å². The highest BCUT2D eigenvalue weighted by Gasteiger charge is 2.41. The zero-order chi connectivity index (χ0) is 69.5. The molecule has 0 unspecified atom stereocenters. The summed E-state index contributed by atoms with van der Waals surface area (Å²) in [5.41, 5.74) is 27.6. The van der Waals surface area contributed by atoms with Crippen LogP contribution in [0.2, 0.25) is 0 Å². The summed E-state index contributed by atoms with van der Waals surface area (Å²) in [7, 11) is 0. The molecule has 24 N–H and O–H groups in total. The molecule has 0 bridgehead atoms. The number of nitrogens with one attached hydrogen (secondary N) is 11.